The lowest BCUT2D eigenvalue weighted by Gasteiger charge is -2.08. The summed E-state index contributed by atoms with van der Waals surface area (Å²) in [6.07, 6.45) is 5.35. The average molecular weight is 410 g/mol. The lowest BCUT2D eigenvalue weighted by Crippen LogP contribution is -2.00. The van der Waals surface area contributed by atoms with E-state index < -0.39 is 5.82 Å². The summed E-state index contributed by atoms with van der Waals surface area (Å²) in [6.45, 7) is 0. The van der Waals surface area contributed by atoms with Crippen LogP contribution < -0.4 is 0 Å². The number of hydrogen-bond acceptors (Lipinski definition) is 4. The van der Waals surface area contributed by atoms with E-state index >= 15 is 0 Å². The fourth-order valence-corrected chi connectivity index (χ4v) is 3.66. The maximum absolute atomic E-state index is 13.6. The van der Waals surface area contributed by atoms with Crippen LogP contribution >= 0.6 is 0 Å². The van der Waals surface area contributed by atoms with Gasteiger partial charge in [0.15, 0.2) is 5.65 Å². The Morgan fingerprint density at radius 1 is 0.806 bits per heavy atom. The molecule has 0 saturated carbocycles. The fraction of sp³-hybridized carbons (Fsp3) is 0.0800. The van der Waals surface area contributed by atoms with Crippen LogP contribution in [0.2, 0.25) is 0 Å². The zero-order valence-electron chi connectivity index (χ0n) is 16.6. The van der Waals surface area contributed by atoms with Crippen molar-refractivity contribution in [1.82, 2.24) is 19.4 Å². The SMILES string of the molecule is Oc1c(Cc2cncc(F)c2)nc2c(Cc3ccccc3)nc(-c3ccccc3)cn12. The molecule has 0 aliphatic heterocycles. The van der Waals surface area contributed by atoms with Gasteiger partial charge in [0, 0.05) is 30.8 Å². The number of nitrogens with zero attached hydrogens (tertiary/aromatic N) is 4. The Kier molecular flexibility index (Phi) is 4.88. The van der Waals surface area contributed by atoms with Crippen LogP contribution in [0.5, 0.6) is 5.88 Å². The smallest absolute Gasteiger partial charge is 0.219 e. The number of benzene rings is 2. The summed E-state index contributed by atoms with van der Waals surface area (Å²) in [6, 6.07) is 21.2. The number of pyridine rings is 1. The second-order valence-corrected chi connectivity index (χ2v) is 7.37. The number of rotatable bonds is 5. The van der Waals surface area contributed by atoms with Gasteiger partial charge in [-0.2, -0.15) is 0 Å². The summed E-state index contributed by atoms with van der Waals surface area (Å²) in [4.78, 5) is 13.4. The van der Waals surface area contributed by atoms with Gasteiger partial charge in [0.05, 0.1) is 17.6 Å². The standard InChI is InChI=1S/C25H19FN4O/c26-20-11-18(14-27-15-20)13-22-25(31)30-16-23(19-9-5-2-6-10-19)28-21(24(30)29-22)12-17-7-3-1-4-8-17/h1-11,14-16,31H,12-13H2. The Morgan fingerprint density at radius 2 is 1.52 bits per heavy atom. The van der Waals surface area contributed by atoms with Crippen molar-refractivity contribution < 1.29 is 9.50 Å². The van der Waals surface area contributed by atoms with Gasteiger partial charge >= 0.3 is 0 Å². The summed E-state index contributed by atoms with van der Waals surface area (Å²) >= 11 is 0. The van der Waals surface area contributed by atoms with Gasteiger partial charge in [-0.1, -0.05) is 60.7 Å². The molecule has 0 amide bonds. The largest absolute Gasteiger partial charge is 0.493 e. The van der Waals surface area contributed by atoms with E-state index in [9.17, 15) is 9.50 Å². The lowest BCUT2D eigenvalue weighted by atomic mass is 10.1. The van der Waals surface area contributed by atoms with Gasteiger partial charge in [-0.05, 0) is 17.2 Å². The second kappa shape index (κ2) is 7.99. The molecule has 31 heavy (non-hydrogen) atoms. The predicted octanol–water partition coefficient (Wildman–Crippen LogP) is 4.82. The van der Waals surface area contributed by atoms with E-state index in [1.807, 2.05) is 60.7 Å². The monoisotopic (exact) mass is 410 g/mol. The third-order valence-electron chi connectivity index (χ3n) is 5.14. The van der Waals surface area contributed by atoms with Gasteiger partial charge in [-0.25, -0.2) is 14.4 Å². The Morgan fingerprint density at radius 3 is 2.26 bits per heavy atom. The number of fused-ring (bicyclic) bond motifs is 1. The van der Waals surface area contributed by atoms with E-state index in [4.69, 9.17) is 4.98 Å². The molecule has 0 fully saturated rings. The molecule has 5 rings (SSSR count). The normalized spacial score (nSPS) is 11.1. The van der Waals surface area contributed by atoms with Gasteiger partial charge in [-0.15, -0.1) is 0 Å². The van der Waals surface area contributed by atoms with Crippen molar-refractivity contribution >= 4 is 5.65 Å². The molecule has 0 spiro atoms. The van der Waals surface area contributed by atoms with Crippen LogP contribution in [-0.2, 0) is 12.8 Å². The van der Waals surface area contributed by atoms with E-state index in [0.717, 1.165) is 28.7 Å². The first kappa shape index (κ1) is 18.9. The molecule has 0 bridgehead atoms. The zero-order chi connectivity index (χ0) is 21.2. The van der Waals surface area contributed by atoms with Crippen molar-refractivity contribution in [2.45, 2.75) is 12.8 Å². The van der Waals surface area contributed by atoms with E-state index in [-0.39, 0.29) is 12.3 Å². The molecule has 0 radical (unpaired) electrons. The van der Waals surface area contributed by atoms with Crippen molar-refractivity contribution in [1.29, 1.82) is 0 Å². The van der Waals surface area contributed by atoms with E-state index in [1.165, 1.54) is 6.07 Å². The Bertz CT molecular complexity index is 1350. The molecule has 0 aliphatic rings. The van der Waals surface area contributed by atoms with Crippen LogP contribution in [0.3, 0.4) is 0 Å². The van der Waals surface area contributed by atoms with Crippen LogP contribution in [-0.4, -0.2) is 24.5 Å². The highest BCUT2D eigenvalue weighted by Gasteiger charge is 2.18. The minimum atomic E-state index is -0.418. The first-order chi connectivity index (χ1) is 15.2. The molecular weight excluding hydrogens is 391 g/mol. The van der Waals surface area contributed by atoms with Crippen molar-refractivity contribution in [3.63, 3.8) is 0 Å². The van der Waals surface area contributed by atoms with Crippen molar-refractivity contribution in [3.8, 4) is 17.1 Å². The van der Waals surface area contributed by atoms with Gasteiger partial charge in [-0.3, -0.25) is 9.38 Å². The Hall–Kier alpha value is -4.06. The number of halogens is 1. The third kappa shape index (κ3) is 3.88. The lowest BCUT2D eigenvalue weighted by molar-refractivity contribution is 0.442. The summed E-state index contributed by atoms with van der Waals surface area (Å²) in [7, 11) is 0. The number of aromatic nitrogens is 4. The highest BCUT2D eigenvalue weighted by atomic mass is 19.1. The van der Waals surface area contributed by atoms with Crippen molar-refractivity contribution in [2.24, 2.45) is 0 Å². The summed E-state index contributed by atoms with van der Waals surface area (Å²) in [5, 5.41) is 10.9. The van der Waals surface area contributed by atoms with Gasteiger partial charge in [0.2, 0.25) is 5.88 Å². The predicted molar refractivity (Wildman–Crippen MR) is 116 cm³/mol. The third-order valence-corrected chi connectivity index (χ3v) is 5.14. The molecule has 1 N–H and O–H groups in total. The van der Waals surface area contributed by atoms with Gasteiger partial charge in [0.25, 0.3) is 0 Å². The molecule has 0 saturated heterocycles. The van der Waals surface area contributed by atoms with Crippen LogP contribution in [0.25, 0.3) is 16.9 Å². The molecule has 0 atom stereocenters. The topological polar surface area (TPSA) is 63.3 Å². The molecule has 3 heterocycles. The fourth-order valence-electron chi connectivity index (χ4n) is 3.66. The molecule has 152 valence electrons. The maximum atomic E-state index is 13.6. The summed E-state index contributed by atoms with van der Waals surface area (Å²) in [5.74, 6) is -0.397. The number of imidazole rings is 1. The molecule has 0 unspecified atom stereocenters. The van der Waals surface area contributed by atoms with Crippen LogP contribution in [0.1, 0.15) is 22.5 Å². The van der Waals surface area contributed by atoms with Crippen LogP contribution in [0, 0.1) is 5.82 Å². The summed E-state index contributed by atoms with van der Waals surface area (Å²) in [5.41, 5.74) is 5.22. The van der Waals surface area contributed by atoms with E-state index in [0.29, 0.717) is 23.3 Å². The van der Waals surface area contributed by atoms with E-state index in [2.05, 4.69) is 9.97 Å². The Balaban J connectivity index is 1.65. The second-order valence-electron chi connectivity index (χ2n) is 7.37. The number of aromatic hydroxyl groups is 1. The molecule has 5 aromatic rings. The Labute approximate surface area is 178 Å². The highest BCUT2D eigenvalue weighted by Crippen LogP contribution is 2.28. The zero-order valence-corrected chi connectivity index (χ0v) is 16.6. The van der Waals surface area contributed by atoms with Crippen LogP contribution in [0.15, 0.2) is 85.3 Å². The molecule has 6 heteroatoms. The average Bonchev–Trinajstić information content (AvgIpc) is 3.11. The molecule has 2 aromatic carbocycles. The van der Waals surface area contributed by atoms with Crippen molar-refractivity contribution in [3.05, 3.63) is 114 Å². The quantitative estimate of drug-likeness (QED) is 0.451. The van der Waals surface area contributed by atoms with E-state index in [1.54, 1.807) is 16.8 Å². The molecule has 5 nitrogen and oxygen atoms in total. The first-order valence-corrected chi connectivity index (χ1v) is 9.96. The maximum Gasteiger partial charge on any atom is 0.219 e. The molecule has 0 aliphatic carbocycles. The number of hydrogen-bond donors (Lipinski definition) is 1. The van der Waals surface area contributed by atoms with Gasteiger partial charge in [0.1, 0.15) is 11.5 Å². The first-order valence-electron chi connectivity index (χ1n) is 9.96. The highest BCUT2D eigenvalue weighted by molar-refractivity contribution is 5.63. The van der Waals surface area contributed by atoms with Crippen molar-refractivity contribution in [2.75, 3.05) is 0 Å². The molecule has 3 aromatic heterocycles. The van der Waals surface area contributed by atoms with Gasteiger partial charge < -0.3 is 5.11 Å². The molecular formula is C25H19FN4O. The minimum Gasteiger partial charge on any atom is -0.493 e. The summed E-state index contributed by atoms with van der Waals surface area (Å²) < 4.78 is 15.2. The van der Waals surface area contributed by atoms with Crippen LogP contribution in [0.4, 0.5) is 4.39 Å². The minimum absolute atomic E-state index is 0.0214.